The zero-order valence-electron chi connectivity index (χ0n) is 16.4. The normalized spacial score (nSPS) is 23.8. The Morgan fingerprint density at radius 1 is 1.35 bits per heavy atom. The number of hydrogen-bond acceptors (Lipinski definition) is 4. The van der Waals surface area contributed by atoms with E-state index in [2.05, 4.69) is 43.3 Å². The molecule has 0 bridgehead atoms. The third-order valence-corrected chi connectivity index (χ3v) is 6.89. The number of aliphatic imine (C=N–C) groups is 1. The predicted molar refractivity (Wildman–Crippen MR) is 120 cm³/mol. The molecule has 2 aliphatic carbocycles. The highest BCUT2D eigenvalue weighted by Crippen LogP contribution is 2.57. The zero-order chi connectivity index (χ0) is 17.9. The van der Waals surface area contributed by atoms with E-state index >= 15 is 0 Å². The van der Waals surface area contributed by atoms with Crippen LogP contribution in [-0.4, -0.2) is 42.8 Å². The number of ether oxygens (including phenoxy) is 1. The van der Waals surface area contributed by atoms with E-state index in [1.165, 1.54) is 29.1 Å². The smallest absolute Gasteiger partial charge is 0.191 e. The molecule has 0 saturated heterocycles. The van der Waals surface area contributed by atoms with Gasteiger partial charge in [-0.05, 0) is 47.0 Å². The molecule has 0 radical (unpaired) electrons. The maximum Gasteiger partial charge on any atom is 0.191 e. The summed E-state index contributed by atoms with van der Waals surface area (Å²) in [7, 11) is 0. The first kappa shape index (κ1) is 21.9. The highest BCUT2D eigenvalue weighted by atomic mass is 127. The third kappa shape index (κ3) is 4.52. The van der Waals surface area contributed by atoms with Crippen molar-refractivity contribution in [3.05, 3.63) is 15.6 Å². The molecule has 26 heavy (non-hydrogen) atoms. The summed E-state index contributed by atoms with van der Waals surface area (Å²) in [5.74, 6) is 0.943. The van der Waals surface area contributed by atoms with Gasteiger partial charge in [0.1, 0.15) is 0 Å². The molecule has 2 N–H and O–H groups in total. The Morgan fingerprint density at radius 2 is 2.12 bits per heavy atom. The van der Waals surface area contributed by atoms with Crippen LogP contribution in [0.1, 0.15) is 55.1 Å². The van der Waals surface area contributed by atoms with Crippen LogP contribution < -0.4 is 10.6 Å². The number of nitrogens with one attached hydrogen (secondary N) is 2. The number of hydrogen-bond donors (Lipinski definition) is 2. The van der Waals surface area contributed by atoms with Crippen molar-refractivity contribution < 1.29 is 4.74 Å². The van der Waals surface area contributed by atoms with Gasteiger partial charge in [0.05, 0.1) is 16.8 Å². The Kier molecular flexibility index (Phi) is 8.15. The molecular weight excluding hydrogens is 459 g/mol. The van der Waals surface area contributed by atoms with Gasteiger partial charge in [0.2, 0.25) is 0 Å². The minimum Gasteiger partial charge on any atom is -0.378 e. The van der Waals surface area contributed by atoms with Crippen LogP contribution in [-0.2, 0) is 11.2 Å². The molecule has 1 heterocycles. The number of aromatic nitrogens is 1. The van der Waals surface area contributed by atoms with Crippen LogP contribution in [0.15, 0.2) is 4.99 Å². The van der Waals surface area contributed by atoms with Crippen molar-refractivity contribution in [1.29, 1.82) is 0 Å². The fourth-order valence-corrected chi connectivity index (χ4v) is 4.96. The molecule has 2 atom stereocenters. The van der Waals surface area contributed by atoms with Crippen LogP contribution in [0.25, 0.3) is 0 Å². The lowest BCUT2D eigenvalue weighted by molar-refractivity contribution is -0.168. The van der Waals surface area contributed by atoms with Gasteiger partial charge in [0.25, 0.3) is 0 Å². The maximum atomic E-state index is 5.95. The van der Waals surface area contributed by atoms with Crippen LogP contribution >= 0.6 is 35.3 Å². The van der Waals surface area contributed by atoms with Gasteiger partial charge < -0.3 is 15.4 Å². The summed E-state index contributed by atoms with van der Waals surface area (Å²) in [5.41, 5.74) is 1.51. The lowest BCUT2D eigenvalue weighted by Crippen LogP contribution is -2.68. The number of halogens is 1. The molecule has 1 aromatic heterocycles. The van der Waals surface area contributed by atoms with Crippen LogP contribution in [0.2, 0.25) is 0 Å². The highest BCUT2D eigenvalue weighted by molar-refractivity contribution is 14.0. The van der Waals surface area contributed by atoms with Crippen molar-refractivity contribution in [2.45, 2.75) is 71.9 Å². The molecule has 148 valence electrons. The van der Waals surface area contributed by atoms with Crippen molar-refractivity contribution >= 4 is 41.3 Å². The summed E-state index contributed by atoms with van der Waals surface area (Å²) in [6.07, 6.45) is 6.35. The second-order valence-electron chi connectivity index (χ2n) is 7.22. The molecular formula is C19H33IN4OS. The van der Waals surface area contributed by atoms with Gasteiger partial charge in [0, 0.05) is 42.5 Å². The molecule has 2 saturated carbocycles. The number of nitrogens with zero attached hydrogens (tertiary/aromatic N) is 2. The van der Waals surface area contributed by atoms with Crippen LogP contribution in [0.5, 0.6) is 0 Å². The maximum absolute atomic E-state index is 5.95. The Labute approximate surface area is 178 Å². The van der Waals surface area contributed by atoms with E-state index in [0.29, 0.717) is 17.6 Å². The van der Waals surface area contributed by atoms with Crippen LogP contribution in [0.4, 0.5) is 0 Å². The van der Waals surface area contributed by atoms with Gasteiger partial charge in [-0.25, -0.2) is 4.98 Å². The fourth-order valence-electron chi connectivity index (χ4n) is 4.04. The van der Waals surface area contributed by atoms with E-state index in [4.69, 9.17) is 9.73 Å². The zero-order valence-corrected chi connectivity index (χ0v) is 19.6. The van der Waals surface area contributed by atoms with E-state index < -0.39 is 0 Å². The summed E-state index contributed by atoms with van der Waals surface area (Å²) in [6.45, 7) is 10.9. The predicted octanol–water partition coefficient (Wildman–Crippen LogP) is 3.82. The molecule has 0 aromatic carbocycles. The van der Waals surface area contributed by atoms with E-state index in [9.17, 15) is 0 Å². The first-order valence-electron chi connectivity index (χ1n) is 9.68. The summed E-state index contributed by atoms with van der Waals surface area (Å²) >= 11 is 1.79. The van der Waals surface area contributed by atoms with Crippen LogP contribution in [0, 0.1) is 19.3 Å². The largest absolute Gasteiger partial charge is 0.378 e. The van der Waals surface area contributed by atoms with Crippen molar-refractivity contribution in [2.75, 3.05) is 19.7 Å². The lowest BCUT2D eigenvalue weighted by Gasteiger charge is -2.61. The first-order valence-corrected chi connectivity index (χ1v) is 10.5. The summed E-state index contributed by atoms with van der Waals surface area (Å²) in [6, 6.07) is 0.500. The number of rotatable bonds is 7. The molecule has 0 amide bonds. The Hall–Kier alpha value is -0.410. The van der Waals surface area contributed by atoms with Crippen molar-refractivity contribution in [1.82, 2.24) is 15.6 Å². The van der Waals surface area contributed by atoms with Crippen molar-refractivity contribution in [2.24, 2.45) is 10.4 Å². The van der Waals surface area contributed by atoms with E-state index in [-0.39, 0.29) is 24.0 Å². The highest BCUT2D eigenvalue weighted by Gasteiger charge is 2.59. The Bertz CT molecular complexity index is 595. The first-order chi connectivity index (χ1) is 12.1. The molecule has 7 heteroatoms. The van der Waals surface area contributed by atoms with Gasteiger partial charge in [0.15, 0.2) is 5.96 Å². The van der Waals surface area contributed by atoms with Crippen molar-refractivity contribution in [3.8, 4) is 0 Å². The molecule has 5 nitrogen and oxygen atoms in total. The fraction of sp³-hybridized carbons (Fsp3) is 0.789. The summed E-state index contributed by atoms with van der Waals surface area (Å²) in [4.78, 5) is 10.7. The minimum absolute atomic E-state index is 0. The quantitative estimate of drug-likeness (QED) is 0.345. The monoisotopic (exact) mass is 492 g/mol. The second kappa shape index (κ2) is 9.68. The molecule has 0 aliphatic heterocycles. The SMILES string of the molecule is CCNC(=NCCc1nc(C)c(C)s1)NC1CC(OCC)C12CCC2.I. The lowest BCUT2D eigenvalue weighted by atomic mass is 9.51. The molecule has 1 aromatic rings. The number of thiazole rings is 1. The summed E-state index contributed by atoms with van der Waals surface area (Å²) in [5, 5.41) is 8.26. The van der Waals surface area contributed by atoms with Gasteiger partial charge >= 0.3 is 0 Å². The Balaban J connectivity index is 0.00000243. The topological polar surface area (TPSA) is 58.5 Å². The van der Waals surface area contributed by atoms with Crippen LogP contribution in [0.3, 0.4) is 0 Å². The van der Waals surface area contributed by atoms with Gasteiger partial charge in [-0.3, -0.25) is 4.99 Å². The molecule has 1 spiro atoms. The van der Waals surface area contributed by atoms with E-state index in [1.807, 2.05) is 0 Å². The average molecular weight is 492 g/mol. The number of aryl methyl sites for hydroxylation is 2. The molecule has 2 unspecified atom stereocenters. The molecule has 2 fully saturated rings. The van der Waals surface area contributed by atoms with Gasteiger partial charge in [-0.1, -0.05) is 6.42 Å². The minimum atomic E-state index is 0. The van der Waals surface area contributed by atoms with Gasteiger partial charge in [-0.2, -0.15) is 0 Å². The van der Waals surface area contributed by atoms with Crippen molar-refractivity contribution in [3.63, 3.8) is 0 Å². The number of guanidine groups is 1. The average Bonchev–Trinajstić information content (AvgIpc) is 2.82. The molecule has 3 rings (SSSR count). The second-order valence-corrected chi connectivity index (χ2v) is 8.51. The standard InChI is InChI=1S/C19H32N4OS.HI/c1-5-20-18(21-11-8-17-22-13(3)14(4)25-17)23-15-12-16(24-6-2)19(15)9-7-10-19;/h15-16H,5-12H2,1-4H3,(H2,20,21,23);1H. The summed E-state index contributed by atoms with van der Waals surface area (Å²) < 4.78 is 5.95. The Morgan fingerprint density at radius 3 is 2.65 bits per heavy atom. The van der Waals surface area contributed by atoms with E-state index in [0.717, 1.165) is 44.2 Å². The third-order valence-electron chi connectivity index (χ3n) is 5.76. The van der Waals surface area contributed by atoms with E-state index in [1.54, 1.807) is 11.3 Å². The molecule has 2 aliphatic rings. The van der Waals surface area contributed by atoms with Gasteiger partial charge in [-0.15, -0.1) is 35.3 Å².